The average molecular weight is 411 g/mol. The van der Waals surface area contributed by atoms with Gasteiger partial charge in [-0.2, -0.15) is 9.36 Å². The summed E-state index contributed by atoms with van der Waals surface area (Å²) in [4.78, 5) is 16.7. The molecular weight excluding hydrogens is 396 g/mol. The Balaban J connectivity index is 1.55. The van der Waals surface area contributed by atoms with E-state index in [0.717, 1.165) is 22.9 Å². The molecule has 28 heavy (non-hydrogen) atoms. The lowest BCUT2D eigenvalue weighted by molar-refractivity contribution is 0.102. The Morgan fingerprint density at radius 1 is 1.07 bits per heavy atom. The zero-order valence-electron chi connectivity index (χ0n) is 15.0. The first-order valence-electron chi connectivity index (χ1n) is 8.41. The van der Waals surface area contributed by atoms with E-state index in [1.165, 1.54) is 5.56 Å². The summed E-state index contributed by atoms with van der Waals surface area (Å²) in [6.07, 6.45) is 0. The van der Waals surface area contributed by atoms with Crippen molar-refractivity contribution in [1.82, 2.24) is 24.4 Å². The predicted octanol–water partition coefficient (Wildman–Crippen LogP) is 4.31. The fraction of sp³-hybridized carbons (Fsp3) is 0.105. The van der Waals surface area contributed by atoms with Crippen LogP contribution in [0.3, 0.4) is 0 Å². The van der Waals surface area contributed by atoms with Crippen LogP contribution in [0.4, 0.5) is 5.13 Å². The molecule has 0 atom stereocenters. The van der Waals surface area contributed by atoms with Gasteiger partial charge in [0.25, 0.3) is 5.91 Å². The summed E-state index contributed by atoms with van der Waals surface area (Å²) >= 11 is 6.94. The first-order chi connectivity index (χ1) is 13.5. The van der Waals surface area contributed by atoms with Crippen LogP contribution in [0, 0.1) is 13.8 Å². The lowest BCUT2D eigenvalue weighted by Crippen LogP contribution is -2.11. The fourth-order valence-electron chi connectivity index (χ4n) is 2.61. The zero-order chi connectivity index (χ0) is 19.7. The van der Waals surface area contributed by atoms with E-state index >= 15 is 0 Å². The highest BCUT2D eigenvalue weighted by molar-refractivity contribution is 7.10. The second-order valence-electron chi connectivity index (χ2n) is 6.15. The van der Waals surface area contributed by atoms with Gasteiger partial charge in [-0.15, -0.1) is 5.10 Å². The van der Waals surface area contributed by atoms with Gasteiger partial charge < -0.3 is 0 Å². The number of nitrogens with one attached hydrogen (secondary N) is 1. The number of benzene rings is 2. The first-order valence-corrected chi connectivity index (χ1v) is 9.57. The molecule has 7 nitrogen and oxygen atoms in total. The number of aromatic nitrogens is 5. The van der Waals surface area contributed by atoms with E-state index in [4.69, 9.17) is 11.6 Å². The van der Waals surface area contributed by atoms with Crippen molar-refractivity contribution in [2.45, 2.75) is 13.8 Å². The van der Waals surface area contributed by atoms with Gasteiger partial charge in [0.2, 0.25) is 5.13 Å². The maximum atomic E-state index is 12.3. The maximum Gasteiger partial charge on any atom is 0.257 e. The van der Waals surface area contributed by atoms with E-state index < -0.39 is 0 Å². The van der Waals surface area contributed by atoms with Crippen molar-refractivity contribution >= 4 is 34.2 Å². The van der Waals surface area contributed by atoms with Crippen LogP contribution in [-0.2, 0) is 0 Å². The minimum atomic E-state index is -0.278. The Kier molecular flexibility index (Phi) is 4.89. The Morgan fingerprint density at radius 3 is 2.50 bits per heavy atom. The molecule has 4 rings (SSSR count). The van der Waals surface area contributed by atoms with Crippen molar-refractivity contribution < 1.29 is 4.79 Å². The topological polar surface area (TPSA) is 85.6 Å². The minimum absolute atomic E-state index is 0.278. The van der Waals surface area contributed by atoms with Gasteiger partial charge >= 0.3 is 0 Å². The van der Waals surface area contributed by atoms with E-state index in [1.807, 2.05) is 38.1 Å². The third-order valence-corrected chi connectivity index (χ3v) is 5.02. The normalized spacial score (nSPS) is 10.8. The van der Waals surface area contributed by atoms with Crippen LogP contribution >= 0.6 is 23.1 Å². The van der Waals surface area contributed by atoms with Crippen molar-refractivity contribution in [3.8, 4) is 17.2 Å². The molecule has 2 heterocycles. The van der Waals surface area contributed by atoms with Crippen molar-refractivity contribution in [1.29, 1.82) is 0 Å². The molecule has 1 N–H and O–H groups in total. The molecule has 4 aromatic rings. The molecule has 2 aromatic heterocycles. The van der Waals surface area contributed by atoms with Crippen LogP contribution in [0.1, 0.15) is 21.6 Å². The fourth-order valence-corrected chi connectivity index (χ4v) is 3.30. The van der Waals surface area contributed by atoms with E-state index in [0.29, 0.717) is 27.2 Å². The molecule has 0 radical (unpaired) electrons. The van der Waals surface area contributed by atoms with Gasteiger partial charge in [0, 0.05) is 22.1 Å². The predicted molar refractivity (Wildman–Crippen MR) is 109 cm³/mol. The summed E-state index contributed by atoms with van der Waals surface area (Å²) in [7, 11) is 0. The molecule has 0 bridgehead atoms. The standard InChI is InChI=1S/C19H15ClN6OS/c1-11-3-9-15(10-4-11)26-12(2)16(23-25-26)17-21-19(28-24-17)22-18(27)13-5-7-14(20)8-6-13/h3-10H,1-2H3,(H,21,22,24,27). The van der Waals surface area contributed by atoms with Gasteiger partial charge in [0.05, 0.1) is 11.4 Å². The van der Waals surface area contributed by atoms with E-state index in [1.54, 1.807) is 28.9 Å². The van der Waals surface area contributed by atoms with Crippen LogP contribution < -0.4 is 5.32 Å². The third-order valence-electron chi connectivity index (χ3n) is 4.14. The maximum absolute atomic E-state index is 12.3. The molecule has 2 aromatic carbocycles. The Bertz CT molecular complexity index is 1130. The summed E-state index contributed by atoms with van der Waals surface area (Å²) in [5.41, 5.74) is 3.96. The Morgan fingerprint density at radius 2 is 1.79 bits per heavy atom. The van der Waals surface area contributed by atoms with E-state index in [2.05, 4.69) is 25.0 Å². The number of carbonyl (C=O) groups is 1. The third kappa shape index (κ3) is 3.64. The molecule has 0 fully saturated rings. The smallest absolute Gasteiger partial charge is 0.257 e. The van der Waals surface area contributed by atoms with Crippen LogP contribution in [0.15, 0.2) is 48.5 Å². The van der Waals surface area contributed by atoms with Crippen molar-refractivity contribution in [2.75, 3.05) is 5.32 Å². The highest BCUT2D eigenvalue weighted by atomic mass is 35.5. The van der Waals surface area contributed by atoms with Gasteiger partial charge in [0.15, 0.2) is 11.5 Å². The molecule has 0 aliphatic rings. The Labute approximate surface area is 170 Å². The molecule has 0 saturated heterocycles. The number of anilines is 1. The van der Waals surface area contributed by atoms with Gasteiger partial charge in [0.1, 0.15) is 0 Å². The zero-order valence-corrected chi connectivity index (χ0v) is 16.6. The molecule has 0 aliphatic carbocycles. The van der Waals surface area contributed by atoms with Crippen LogP contribution in [0.2, 0.25) is 5.02 Å². The number of halogens is 1. The van der Waals surface area contributed by atoms with Gasteiger partial charge in [-0.05, 0) is 50.2 Å². The van der Waals surface area contributed by atoms with Gasteiger partial charge in [-0.1, -0.05) is 34.5 Å². The van der Waals surface area contributed by atoms with E-state index in [9.17, 15) is 4.79 Å². The molecular formula is C19H15ClN6OS. The molecule has 140 valence electrons. The quantitative estimate of drug-likeness (QED) is 0.541. The number of amides is 1. The van der Waals surface area contributed by atoms with Crippen molar-refractivity contribution in [3.63, 3.8) is 0 Å². The molecule has 1 amide bonds. The van der Waals surface area contributed by atoms with Crippen molar-refractivity contribution in [2.24, 2.45) is 0 Å². The van der Waals surface area contributed by atoms with E-state index in [-0.39, 0.29) is 5.91 Å². The molecule has 9 heteroatoms. The number of aryl methyl sites for hydroxylation is 1. The largest absolute Gasteiger partial charge is 0.297 e. The highest BCUT2D eigenvalue weighted by Crippen LogP contribution is 2.24. The number of hydrogen-bond acceptors (Lipinski definition) is 6. The molecule has 0 aliphatic heterocycles. The number of nitrogens with zero attached hydrogens (tertiary/aromatic N) is 5. The summed E-state index contributed by atoms with van der Waals surface area (Å²) < 4.78 is 6.05. The molecule has 0 spiro atoms. The number of carbonyl (C=O) groups excluding carboxylic acids is 1. The molecule has 0 unspecified atom stereocenters. The lowest BCUT2D eigenvalue weighted by atomic mass is 10.2. The lowest BCUT2D eigenvalue weighted by Gasteiger charge is -2.03. The second-order valence-corrected chi connectivity index (χ2v) is 7.34. The summed E-state index contributed by atoms with van der Waals surface area (Å²) in [5, 5.41) is 12.1. The first kappa shape index (κ1) is 18.3. The van der Waals surface area contributed by atoms with Gasteiger partial charge in [-0.25, -0.2) is 4.68 Å². The van der Waals surface area contributed by atoms with Crippen molar-refractivity contribution in [3.05, 3.63) is 70.4 Å². The molecule has 0 saturated carbocycles. The minimum Gasteiger partial charge on any atom is -0.297 e. The van der Waals surface area contributed by atoms with Gasteiger partial charge in [-0.3, -0.25) is 10.1 Å². The summed E-state index contributed by atoms with van der Waals surface area (Å²) in [5.74, 6) is 0.145. The van der Waals surface area contributed by atoms with Crippen LogP contribution in [0.25, 0.3) is 17.2 Å². The van der Waals surface area contributed by atoms with Crippen LogP contribution in [0.5, 0.6) is 0 Å². The summed E-state index contributed by atoms with van der Waals surface area (Å²) in [6.45, 7) is 3.94. The number of rotatable bonds is 4. The van der Waals surface area contributed by atoms with Crippen LogP contribution in [-0.4, -0.2) is 30.3 Å². The number of hydrogen-bond donors (Lipinski definition) is 1. The second kappa shape index (κ2) is 7.49. The SMILES string of the molecule is Cc1ccc(-n2nnc(-c3nsc(NC(=O)c4ccc(Cl)cc4)n3)c2C)cc1. The highest BCUT2D eigenvalue weighted by Gasteiger charge is 2.17. The monoisotopic (exact) mass is 410 g/mol. The average Bonchev–Trinajstić information content (AvgIpc) is 3.29. The Hall–Kier alpha value is -3.10. The summed E-state index contributed by atoms with van der Waals surface area (Å²) in [6, 6.07) is 14.6.